The third-order valence-corrected chi connectivity index (χ3v) is 2.21. The van der Waals surface area contributed by atoms with Crippen LogP contribution in [0, 0.1) is 6.92 Å². The third-order valence-electron chi connectivity index (χ3n) is 2.21. The summed E-state index contributed by atoms with van der Waals surface area (Å²) in [5, 5.41) is 13.4. The first-order chi connectivity index (χ1) is 8.44. The Morgan fingerprint density at radius 2 is 2.17 bits per heavy atom. The van der Waals surface area contributed by atoms with Gasteiger partial charge in [0.2, 0.25) is 11.7 Å². The summed E-state index contributed by atoms with van der Waals surface area (Å²) in [7, 11) is 0. The number of aliphatic hydroxyl groups is 1. The molecule has 0 spiro atoms. The molecule has 0 atom stereocenters. The summed E-state index contributed by atoms with van der Waals surface area (Å²) >= 11 is 0. The van der Waals surface area contributed by atoms with Gasteiger partial charge in [0.05, 0.1) is 5.60 Å². The number of nitrogens with zero attached hydrogens (tertiary/aromatic N) is 2. The lowest BCUT2D eigenvalue weighted by atomic mass is 10.1. The molecule has 0 saturated heterocycles. The zero-order chi connectivity index (χ0) is 13.2. The quantitative estimate of drug-likeness (QED) is 0.898. The molecular weight excluding hydrogens is 232 g/mol. The minimum atomic E-state index is -0.862. The molecule has 1 heterocycles. The minimum Gasteiger partial charge on any atom is -0.491 e. The third kappa shape index (κ3) is 3.30. The van der Waals surface area contributed by atoms with E-state index in [1.807, 2.05) is 24.3 Å². The van der Waals surface area contributed by atoms with Crippen molar-refractivity contribution in [1.82, 2.24) is 10.1 Å². The molecule has 0 aliphatic carbocycles. The van der Waals surface area contributed by atoms with Crippen molar-refractivity contribution in [2.45, 2.75) is 26.4 Å². The highest BCUT2D eigenvalue weighted by Crippen LogP contribution is 2.22. The highest BCUT2D eigenvalue weighted by Gasteiger charge is 2.14. The topological polar surface area (TPSA) is 68.4 Å². The Bertz CT molecular complexity index is 529. The van der Waals surface area contributed by atoms with Crippen molar-refractivity contribution < 1.29 is 14.4 Å². The van der Waals surface area contributed by atoms with Crippen LogP contribution in [-0.2, 0) is 0 Å². The molecule has 0 radical (unpaired) electrons. The van der Waals surface area contributed by atoms with E-state index in [4.69, 9.17) is 9.26 Å². The second-order valence-corrected chi connectivity index (χ2v) is 4.77. The van der Waals surface area contributed by atoms with Crippen molar-refractivity contribution >= 4 is 0 Å². The second kappa shape index (κ2) is 4.78. The maximum absolute atomic E-state index is 9.60. The maximum atomic E-state index is 9.60. The van der Waals surface area contributed by atoms with Gasteiger partial charge >= 0.3 is 0 Å². The Morgan fingerprint density at radius 3 is 2.78 bits per heavy atom. The van der Waals surface area contributed by atoms with Crippen LogP contribution in [0.5, 0.6) is 5.75 Å². The van der Waals surface area contributed by atoms with Gasteiger partial charge in [0.1, 0.15) is 12.4 Å². The molecule has 1 N–H and O–H groups in total. The van der Waals surface area contributed by atoms with E-state index in [1.54, 1.807) is 20.8 Å². The molecule has 0 fully saturated rings. The second-order valence-electron chi connectivity index (χ2n) is 4.77. The lowest BCUT2D eigenvalue weighted by Gasteiger charge is -2.17. The molecule has 0 bridgehead atoms. The van der Waals surface area contributed by atoms with Gasteiger partial charge in [0.25, 0.3) is 0 Å². The smallest absolute Gasteiger partial charge is 0.223 e. The minimum absolute atomic E-state index is 0.224. The lowest BCUT2D eigenvalue weighted by molar-refractivity contribution is 0.0285. The average molecular weight is 248 g/mol. The van der Waals surface area contributed by atoms with Gasteiger partial charge in [-0.25, -0.2) is 0 Å². The van der Waals surface area contributed by atoms with E-state index in [0.717, 1.165) is 5.56 Å². The van der Waals surface area contributed by atoms with Crippen molar-refractivity contribution in [3.63, 3.8) is 0 Å². The number of aromatic nitrogens is 2. The largest absolute Gasteiger partial charge is 0.491 e. The van der Waals surface area contributed by atoms with Gasteiger partial charge in [0.15, 0.2) is 0 Å². The van der Waals surface area contributed by atoms with Crippen LogP contribution >= 0.6 is 0 Å². The Labute approximate surface area is 105 Å². The van der Waals surface area contributed by atoms with Gasteiger partial charge in [-0.1, -0.05) is 17.3 Å². The SMILES string of the molecule is Cc1nc(-c2cccc(OCC(C)(C)O)c2)no1. The zero-order valence-corrected chi connectivity index (χ0v) is 10.7. The first-order valence-electron chi connectivity index (χ1n) is 5.70. The number of benzene rings is 1. The van der Waals surface area contributed by atoms with Crippen LogP contribution in [0.1, 0.15) is 19.7 Å². The summed E-state index contributed by atoms with van der Waals surface area (Å²) in [5.74, 6) is 1.71. The fraction of sp³-hybridized carbons (Fsp3) is 0.385. The van der Waals surface area contributed by atoms with Gasteiger partial charge < -0.3 is 14.4 Å². The highest BCUT2D eigenvalue weighted by molar-refractivity contribution is 5.56. The van der Waals surface area contributed by atoms with Gasteiger partial charge in [-0.15, -0.1) is 0 Å². The first-order valence-corrected chi connectivity index (χ1v) is 5.70. The van der Waals surface area contributed by atoms with Crippen molar-refractivity contribution in [1.29, 1.82) is 0 Å². The Balaban J connectivity index is 2.15. The molecule has 18 heavy (non-hydrogen) atoms. The van der Waals surface area contributed by atoms with Gasteiger partial charge in [-0.05, 0) is 26.0 Å². The normalized spacial score (nSPS) is 11.6. The number of hydrogen-bond acceptors (Lipinski definition) is 5. The van der Waals surface area contributed by atoms with E-state index in [2.05, 4.69) is 10.1 Å². The molecule has 1 aromatic carbocycles. The Morgan fingerprint density at radius 1 is 1.39 bits per heavy atom. The van der Waals surface area contributed by atoms with Crippen molar-refractivity contribution in [2.24, 2.45) is 0 Å². The van der Waals surface area contributed by atoms with Gasteiger partial charge in [-0.3, -0.25) is 0 Å². The highest BCUT2D eigenvalue weighted by atomic mass is 16.5. The molecule has 0 aliphatic heterocycles. The van der Waals surface area contributed by atoms with Gasteiger partial charge in [-0.2, -0.15) is 4.98 Å². The van der Waals surface area contributed by atoms with Crippen LogP contribution in [0.2, 0.25) is 0 Å². The summed E-state index contributed by atoms with van der Waals surface area (Å²) in [6, 6.07) is 7.36. The van der Waals surface area contributed by atoms with Crippen LogP contribution in [0.4, 0.5) is 0 Å². The van der Waals surface area contributed by atoms with E-state index in [-0.39, 0.29) is 6.61 Å². The fourth-order valence-electron chi connectivity index (χ4n) is 1.40. The molecule has 5 nitrogen and oxygen atoms in total. The van der Waals surface area contributed by atoms with E-state index >= 15 is 0 Å². The Hall–Kier alpha value is -1.88. The van der Waals surface area contributed by atoms with Crippen LogP contribution in [-0.4, -0.2) is 27.5 Å². The van der Waals surface area contributed by atoms with Crippen LogP contribution in [0.15, 0.2) is 28.8 Å². The van der Waals surface area contributed by atoms with Crippen LogP contribution in [0.3, 0.4) is 0 Å². The maximum Gasteiger partial charge on any atom is 0.223 e. The monoisotopic (exact) mass is 248 g/mol. The molecule has 5 heteroatoms. The molecule has 0 saturated carbocycles. The Kier molecular flexibility index (Phi) is 3.34. The summed E-state index contributed by atoms with van der Waals surface area (Å²) in [4.78, 5) is 4.15. The van der Waals surface area contributed by atoms with Gasteiger partial charge in [0, 0.05) is 12.5 Å². The van der Waals surface area contributed by atoms with E-state index < -0.39 is 5.60 Å². The van der Waals surface area contributed by atoms with E-state index in [1.165, 1.54) is 0 Å². The van der Waals surface area contributed by atoms with Crippen molar-refractivity contribution in [2.75, 3.05) is 6.61 Å². The lowest BCUT2D eigenvalue weighted by Crippen LogP contribution is -2.27. The predicted molar refractivity (Wildman–Crippen MR) is 66.3 cm³/mol. The summed E-state index contributed by atoms with van der Waals surface area (Å²) < 4.78 is 10.4. The van der Waals surface area contributed by atoms with E-state index in [9.17, 15) is 5.11 Å². The van der Waals surface area contributed by atoms with Crippen LogP contribution < -0.4 is 4.74 Å². The molecule has 0 amide bonds. The van der Waals surface area contributed by atoms with Crippen molar-refractivity contribution in [3.05, 3.63) is 30.2 Å². The number of ether oxygens (including phenoxy) is 1. The van der Waals surface area contributed by atoms with Crippen LogP contribution in [0.25, 0.3) is 11.4 Å². The number of aryl methyl sites for hydroxylation is 1. The molecular formula is C13H16N2O3. The summed E-state index contributed by atoms with van der Waals surface area (Å²) in [5.41, 5.74) is -0.0428. The van der Waals surface area contributed by atoms with Crippen molar-refractivity contribution in [3.8, 4) is 17.1 Å². The molecule has 1 aromatic heterocycles. The zero-order valence-electron chi connectivity index (χ0n) is 10.7. The number of hydrogen-bond donors (Lipinski definition) is 1. The molecule has 0 unspecified atom stereocenters. The molecule has 0 aliphatic rings. The van der Waals surface area contributed by atoms with E-state index in [0.29, 0.717) is 17.5 Å². The molecule has 2 aromatic rings. The first kappa shape index (κ1) is 12.6. The predicted octanol–water partition coefficient (Wildman–Crippen LogP) is 2.19. The summed E-state index contributed by atoms with van der Waals surface area (Å²) in [6.45, 7) is 5.35. The fourth-order valence-corrected chi connectivity index (χ4v) is 1.40. The number of rotatable bonds is 4. The molecule has 2 rings (SSSR count). The standard InChI is InChI=1S/C13H16N2O3/c1-9-14-12(15-18-9)10-5-4-6-11(7-10)17-8-13(2,3)16/h4-7,16H,8H2,1-3H3. The average Bonchev–Trinajstić information content (AvgIpc) is 2.73. The molecule has 96 valence electrons. The summed E-state index contributed by atoms with van der Waals surface area (Å²) in [6.07, 6.45) is 0.